The Morgan fingerprint density at radius 3 is 2.59 bits per heavy atom. The molecule has 88 valence electrons. The van der Waals surface area contributed by atoms with Crippen LogP contribution in [0.1, 0.15) is 5.56 Å². The van der Waals surface area contributed by atoms with Crippen LogP contribution in [0.15, 0.2) is 30.5 Å². The van der Waals surface area contributed by atoms with E-state index < -0.39 is 0 Å². The SMILES string of the molecule is CNc1ncc(C)c(Oc2ccc(F)cc2)n1. The zero-order valence-corrected chi connectivity index (χ0v) is 9.57. The topological polar surface area (TPSA) is 47.0 Å². The van der Waals surface area contributed by atoms with E-state index >= 15 is 0 Å². The van der Waals surface area contributed by atoms with Gasteiger partial charge in [-0.1, -0.05) is 0 Å². The van der Waals surface area contributed by atoms with Gasteiger partial charge in [0, 0.05) is 18.8 Å². The third kappa shape index (κ3) is 2.69. The zero-order chi connectivity index (χ0) is 12.3. The molecule has 0 aliphatic carbocycles. The summed E-state index contributed by atoms with van der Waals surface area (Å²) in [4.78, 5) is 8.22. The average Bonchev–Trinajstić information content (AvgIpc) is 2.35. The van der Waals surface area contributed by atoms with Gasteiger partial charge in [0.05, 0.1) is 0 Å². The third-order valence-corrected chi connectivity index (χ3v) is 2.18. The summed E-state index contributed by atoms with van der Waals surface area (Å²) in [6.45, 7) is 1.85. The van der Waals surface area contributed by atoms with E-state index in [1.807, 2.05) is 6.92 Å². The van der Waals surface area contributed by atoms with Gasteiger partial charge in [-0.15, -0.1) is 0 Å². The molecule has 0 aliphatic heterocycles. The van der Waals surface area contributed by atoms with E-state index in [9.17, 15) is 4.39 Å². The van der Waals surface area contributed by atoms with Crippen LogP contribution in [-0.2, 0) is 0 Å². The van der Waals surface area contributed by atoms with Crippen LogP contribution in [0.3, 0.4) is 0 Å². The summed E-state index contributed by atoms with van der Waals surface area (Å²) in [6, 6.07) is 5.78. The minimum atomic E-state index is -0.298. The van der Waals surface area contributed by atoms with E-state index in [1.165, 1.54) is 12.1 Å². The van der Waals surface area contributed by atoms with E-state index in [4.69, 9.17) is 4.74 Å². The quantitative estimate of drug-likeness (QED) is 0.885. The molecule has 0 atom stereocenters. The Kier molecular flexibility index (Phi) is 3.18. The lowest BCUT2D eigenvalue weighted by Crippen LogP contribution is -1.99. The lowest BCUT2D eigenvalue weighted by Gasteiger charge is -2.08. The summed E-state index contributed by atoms with van der Waals surface area (Å²) in [6.07, 6.45) is 1.66. The minimum Gasteiger partial charge on any atom is -0.439 e. The highest BCUT2D eigenvalue weighted by molar-refractivity contribution is 5.35. The standard InChI is InChI=1S/C12H12FN3O/c1-8-7-15-12(14-2)16-11(8)17-10-5-3-9(13)4-6-10/h3-7H,1-2H3,(H,14,15,16). The Hall–Kier alpha value is -2.17. The first kappa shape index (κ1) is 11.3. The highest BCUT2D eigenvalue weighted by atomic mass is 19.1. The second kappa shape index (κ2) is 4.78. The number of hydrogen-bond donors (Lipinski definition) is 1. The summed E-state index contributed by atoms with van der Waals surface area (Å²) in [5.41, 5.74) is 0.813. The van der Waals surface area contributed by atoms with Crippen molar-refractivity contribution in [1.29, 1.82) is 0 Å². The number of ether oxygens (including phenoxy) is 1. The predicted octanol–water partition coefficient (Wildman–Crippen LogP) is 2.76. The zero-order valence-electron chi connectivity index (χ0n) is 9.57. The highest BCUT2D eigenvalue weighted by Crippen LogP contribution is 2.23. The number of aryl methyl sites for hydroxylation is 1. The van der Waals surface area contributed by atoms with Crippen molar-refractivity contribution in [1.82, 2.24) is 9.97 Å². The fourth-order valence-electron chi connectivity index (χ4n) is 1.26. The van der Waals surface area contributed by atoms with Crippen LogP contribution in [0.5, 0.6) is 11.6 Å². The van der Waals surface area contributed by atoms with E-state index in [2.05, 4.69) is 15.3 Å². The van der Waals surface area contributed by atoms with Crippen molar-refractivity contribution in [2.24, 2.45) is 0 Å². The van der Waals surface area contributed by atoms with Crippen LogP contribution in [0.25, 0.3) is 0 Å². The lowest BCUT2D eigenvalue weighted by molar-refractivity contribution is 0.456. The number of halogens is 1. The molecule has 5 heteroatoms. The number of aromatic nitrogens is 2. The largest absolute Gasteiger partial charge is 0.439 e. The molecular formula is C12H12FN3O. The van der Waals surface area contributed by atoms with Gasteiger partial charge in [-0.3, -0.25) is 0 Å². The Morgan fingerprint density at radius 2 is 1.94 bits per heavy atom. The van der Waals surface area contributed by atoms with Gasteiger partial charge in [-0.05, 0) is 31.2 Å². The van der Waals surface area contributed by atoms with Gasteiger partial charge in [0.25, 0.3) is 0 Å². The maximum atomic E-state index is 12.7. The van der Waals surface area contributed by atoms with Gasteiger partial charge in [0.2, 0.25) is 11.8 Å². The Bertz CT molecular complexity index is 514. The fraction of sp³-hybridized carbons (Fsp3) is 0.167. The predicted molar refractivity (Wildman–Crippen MR) is 62.8 cm³/mol. The van der Waals surface area contributed by atoms with Crippen LogP contribution >= 0.6 is 0 Å². The van der Waals surface area contributed by atoms with Gasteiger partial charge in [-0.2, -0.15) is 4.98 Å². The van der Waals surface area contributed by atoms with E-state index in [1.54, 1.807) is 25.4 Å². The van der Waals surface area contributed by atoms with Gasteiger partial charge in [0.15, 0.2) is 0 Å². The number of rotatable bonds is 3. The van der Waals surface area contributed by atoms with Crippen molar-refractivity contribution in [3.63, 3.8) is 0 Å². The highest BCUT2D eigenvalue weighted by Gasteiger charge is 2.05. The van der Waals surface area contributed by atoms with Gasteiger partial charge < -0.3 is 10.1 Å². The molecule has 0 fully saturated rings. The van der Waals surface area contributed by atoms with Crippen molar-refractivity contribution in [2.45, 2.75) is 6.92 Å². The first-order valence-corrected chi connectivity index (χ1v) is 5.14. The molecule has 0 saturated heterocycles. The maximum absolute atomic E-state index is 12.7. The molecule has 0 spiro atoms. The first-order valence-electron chi connectivity index (χ1n) is 5.14. The molecule has 0 bridgehead atoms. The first-order chi connectivity index (χ1) is 8.19. The minimum absolute atomic E-state index is 0.298. The molecule has 1 heterocycles. The molecule has 0 saturated carbocycles. The number of benzene rings is 1. The van der Waals surface area contributed by atoms with Crippen molar-refractivity contribution in [3.8, 4) is 11.6 Å². The van der Waals surface area contributed by atoms with Gasteiger partial charge >= 0.3 is 0 Å². The number of hydrogen-bond acceptors (Lipinski definition) is 4. The molecule has 1 N–H and O–H groups in total. The number of anilines is 1. The van der Waals surface area contributed by atoms with Crippen LogP contribution in [0.2, 0.25) is 0 Å². The van der Waals surface area contributed by atoms with Crippen LogP contribution in [-0.4, -0.2) is 17.0 Å². The van der Waals surface area contributed by atoms with Gasteiger partial charge in [0.1, 0.15) is 11.6 Å². The summed E-state index contributed by atoms with van der Waals surface area (Å²) in [5.74, 6) is 1.17. The van der Waals surface area contributed by atoms with Gasteiger partial charge in [-0.25, -0.2) is 9.37 Å². The van der Waals surface area contributed by atoms with Crippen molar-refractivity contribution >= 4 is 5.95 Å². The fourth-order valence-corrected chi connectivity index (χ4v) is 1.26. The van der Waals surface area contributed by atoms with E-state index in [0.717, 1.165) is 5.56 Å². The molecule has 17 heavy (non-hydrogen) atoms. The Morgan fingerprint density at radius 1 is 1.24 bits per heavy atom. The van der Waals surface area contributed by atoms with Crippen LogP contribution in [0.4, 0.5) is 10.3 Å². The molecule has 0 aliphatic rings. The Balaban J connectivity index is 2.25. The third-order valence-electron chi connectivity index (χ3n) is 2.18. The maximum Gasteiger partial charge on any atom is 0.226 e. The molecule has 1 aromatic carbocycles. The number of nitrogens with one attached hydrogen (secondary N) is 1. The molecular weight excluding hydrogens is 221 g/mol. The van der Waals surface area contributed by atoms with Crippen molar-refractivity contribution in [3.05, 3.63) is 41.8 Å². The Labute approximate surface area is 98.5 Å². The molecule has 2 aromatic rings. The molecule has 0 amide bonds. The normalized spacial score (nSPS) is 10.1. The summed E-state index contributed by atoms with van der Waals surface area (Å²) < 4.78 is 18.3. The average molecular weight is 233 g/mol. The van der Waals surface area contributed by atoms with Crippen LogP contribution < -0.4 is 10.1 Å². The molecule has 0 radical (unpaired) electrons. The van der Waals surface area contributed by atoms with E-state index in [0.29, 0.717) is 17.6 Å². The smallest absolute Gasteiger partial charge is 0.226 e. The summed E-state index contributed by atoms with van der Waals surface area (Å²) in [7, 11) is 1.73. The summed E-state index contributed by atoms with van der Waals surface area (Å²) >= 11 is 0. The second-order valence-corrected chi connectivity index (χ2v) is 3.49. The van der Waals surface area contributed by atoms with Crippen molar-refractivity contribution < 1.29 is 9.13 Å². The molecule has 4 nitrogen and oxygen atoms in total. The number of nitrogens with zero attached hydrogens (tertiary/aromatic N) is 2. The van der Waals surface area contributed by atoms with Crippen LogP contribution in [0, 0.1) is 12.7 Å². The summed E-state index contributed by atoms with van der Waals surface area (Å²) in [5, 5.41) is 2.83. The van der Waals surface area contributed by atoms with Crippen molar-refractivity contribution in [2.75, 3.05) is 12.4 Å². The molecule has 0 unspecified atom stereocenters. The molecule has 1 aromatic heterocycles. The second-order valence-electron chi connectivity index (χ2n) is 3.49. The lowest BCUT2D eigenvalue weighted by atomic mass is 10.3. The monoisotopic (exact) mass is 233 g/mol. The van der Waals surface area contributed by atoms with E-state index in [-0.39, 0.29) is 5.82 Å². The molecule has 2 rings (SSSR count).